The summed E-state index contributed by atoms with van der Waals surface area (Å²) in [4.78, 5) is 9.46. The Morgan fingerprint density at radius 3 is 2.59 bits per heavy atom. The van der Waals surface area contributed by atoms with Crippen molar-refractivity contribution in [1.29, 1.82) is 0 Å². The molecule has 0 aromatic carbocycles. The minimum Gasteiger partial charge on any atom is -0.369 e. The van der Waals surface area contributed by atoms with E-state index in [4.69, 9.17) is 4.98 Å². The Balaban J connectivity index is 2.40. The van der Waals surface area contributed by atoms with Gasteiger partial charge in [0.15, 0.2) is 0 Å². The molecule has 1 atom stereocenters. The first kappa shape index (κ1) is 13.1. The summed E-state index contributed by atoms with van der Waals surface area (Å²) in [7, 11) is 0. The maximum atomic E-state index is 4.79. The fraction of sp³-hybridized carbons (Fsp3) is 0.692. The zero-order chi connectivity index (χ0) is 12.4. The van der Waals surface area contributed by atoms with Crippen LogP contribution in [-0.4, -0.2) is 16.5 Å². The molecular weight excluding hydrogens is 325 g/mol. The second kappa shape index (κ2) is 5.50. The van der Waals surface area contributed by atoms with Crippen LogP contribution in [-0.2, 0) is 0 Å². The van der Waals surface area contributed by atoms with Crippen molar-refractivity contribution in [3.05, 3.63) is 15.1 Å². The van der Waals surface area contributed by atoms with Gasteiger partial charge < -0.3 is 5.32 Å². The van der Waals surface area contributed by atoms with Gasteiger partial charge in [-0.3, -0.25) is 0 Å². The van der Waals surface area contributed by atoms with Crippen molar-refractivity contribution >= 4 is 28.4 Å². The molecule has 1 aromatic heterocycles. The molecule has 1 N–H and O–H groups in total. The SMILES string of the molecule is CCNc1nc(C(C)CC)nc(C2CC2)c1I. The van der Waals surface area contributed by atoms with Gasteiger partial charge in [-0.25, -0.2) is 9.97 Å². The van der Waals surface area contributed by atoms with E-state index in [9.17, 15) is 0 Å². The van der Waals surface area contributed by atoms with Crippen LogP contribution in [0.5, 0.6) is 0 Å². The molecule has 1 unspecified atom stereocenters. The number of nitrogens with one attached hydrogen (secondary N) is 1. The number of anilines is 1. The molecule has 0 saturated heterocycles. The maximum Gasteiger partial charge on any atom is 0.143 e. The van der Waals surface area contributed by atoms with E-state index in [1.165, 1.54) is 22.1 Å². The van der Waals surface area contributed by atoms with Crippen molar-refractivity contribution in [3.63, 3.8) is 0 Å². The molecule has 2 rings (SSSR count). The van der Waals surface area contributed by atoms with Crippen LogP contribution in [0.1, 0.15) is 63.4 Å². The summed E-state index contributed by atoms with van der Waals surface area (Å²) < 4.78 is 1.22. The molecule has 1 fully saturated rings. The lowest BCUT2D eigenvalue weighted by Crippen LogP contribution is -2.11. The van der Waals surface area contributed by atoms with Gasteiger partial charge >= 0.3 is 0 Å². The molecule has 0 radical (unpaired) electrons. The summed E-state index contributed by atoms with van der Waals surface area (Å²) in [6.07, 6.45) is 3.67. The maximum absolute atomic E-state index is 4.79. The Hall–Kier alpha value is -0.390. The highest BCUT2D eigenvalue weighted by Gasteiger charge is 2.29. The third kappa shape index (κ3) is 2.89. The molecule has 3 nitrogen and oxygen atoms in total. The van der Waals surface area contributed by atoms with Gasteiger partial charge in [-0.15, -0.1) is 0 Å². The predicted octanol–water partition coefficient (Wildman–Crippen LogP) is 3.90. The monoisotopic (exact) mass is 345 g/mol. The highest BCUT2D eigenvalue weighted by molar-refractivity contribution is 14.1. The molecule has 17 heavy (non-hydrogen) atoms. The first-order valence-electron chi connectivity index (χ1n) is 6.48. The molecule has 1 heterocycles. The van der Waals surface area contributed by atoms with E-state index < -0.39 is 0 Å². The van der Waals surface area contributed by atoms with E-state index in [-0.39, 0.29) is 0 Å². The molecule has 0 spiro atoms. The van der Waals surface area contributed by atoms with Crippen LogP contribution >= 0.6 is 22.6 Å². The first-order chi connectivity index (χ1) is 8.17. The van der Waals surface area contributed by atoms with Crippen LogP contribution in [0.2, 0.25) is 0 Å². The van der Waals surface area contributed by atoms with Gasteiger partial charge in [-0.2, -0.15) is 0 Å². The molecule has 1 aromatic rings. The Morgan fingerprint density at radius 1 is 1.35 bits per heavy atom. The molecule has 1 aliphatic carbocycles. The molecule has 0 bridgehead atoms. The molecule has 1 aliphatic rings. The Kier molecular flexibility index (Phi) is 4.22. The normalized spacial score (nSPS) is 16.9. The lowest BCUT2D eigenvalue weighted by atomic mass is 10.1. The van der Waals surface area contributed by atoms with Gasteiger partial charge in [-0.1, -0.05) is 13.8 Å². The van der Waals surface area contributed by atoms with Crippen molar-refractivity contribution in [1.82, 2.24) is 9.97 Å². The van der Waals surface area contributed by atoms with Crippen molar-refractivity contribution in [2.45, 2.75) is 51.9 Å². The van der Waals surface area contributed by atoms with Crippen LogP contribution < -0.4 is 5.32 Å². The standard InChI is InChI=1S/C13H20IN3/c1-4-8(3)12-16-11(9-6-7-9)10(14)13(17-12)15-5-2/h8-9H,4-7H2,1-3H3,(H,15,16,17). The van der Waals surface area contributed by atoms with Crippen molar-refractivity contribution < 1.29 is 0 Å². The molecule has 4 heteroatoms. The van der Waals surface area contributed by atoms with Crippen LogP contribution in [0.3, 0.4) is 0 Å². The number of hydrogen-bond donors (Lipinski definition) is 1. The van der Waals surface area contributed by atoms with Crippen molar-refractivity contribution in [2.24, 2.45) is 0 Å². The van der Waals surface area contributed by atoms with Crippen LogP contribution in [0.25, 0.3) is 0 Å². The predicted molar refractivity (Wildman–Crippen MR) is 79.6 cm³/mol. The average molecular weight is 345 g/mol. The fourth-order valence-electron chi connectivity index (χ4n) is 1.80. The number of aromatic nitrogens is 2. The van der Waals surface area contributed by atoms with Gasteiger partial charge in [0.2, 0.25) is 0 Å². The number of halogens is 1. The van der Waals surface area contributed by atoms with Crippen LogP contribution in [0, 0.1) is 3.57 Å². The molecule has 0 aliphatic heterocycles. The third-order valence-electron chi connectivity index (χ3n) is 3.26. The van der Waals surface area contributed by atoms with Gasteiger partial charge in [0.05, 0.1) is 9.26 Å². The summed E-state index contributed by atoms with van der Waals surface area (Å²) in [6, 6.07) is 0. The smallest absolute Gasteiger partial charge is 0.143 e. The summed E-state index contributed by atoms with van der Waals surface area (Å²) in [5, 5.41) is 3.36. The summed E-state index contributed by atoms with van der Waals surface area (Å²) in [5.74, 6) is 3.16. The van der Waals surface area contributed by atoms with Crippen LogP contribution in [0.4, 0.5) is 5.82 Å². The second-order valence-electron chi connectivity index (χ2n) is 4.74. The minimum atomic E-state index is 0.446. The van der Waals surface area contributed by atoms with Crippen LogP contribution in [0.15, 0.2) is 0 Å². The number of hydrogen-bond acceptors (Lipinski definition) is 3. The largest absolute Gasteiger partial charge is 0.369 e. The topological polar surface area (TPSA) is 37.8 Å². The quantitative estimate of drug-likeness (QED) is 0.823. The van der Waals surface area contributed by atoms with Crippen molar-refractivity contribution in [2.75, 3.05) is 11.9 Å². The van der Waals surface area contributed by atoms with E-state index in [1.807, 2.05) is 0 Å². The Labute approximate surface area is 117 Å². The van der Waals surface area contributed by atoms with Gasteiger partial charge in [0, 0.05) is 18.4 Å². The Bertz CT molecular complexity index is 402. The zero-order valence-electron chi connectivity index (χ0n) is 10.8. The summed E-state index contributed by atoms with van der Waals surface area (Å²) in [5.41, 5.74) is 1.27. The minimum absolute atomic E-state index is 0.446. The van der Waals surface area contributed by atoms with Gasteiger partial charge in [0.1, 0.15) is 11.6 Å². The lowest BCUT2D eigenvalue weighted by molar-refractivity contribution is 0.670. The molecular formula is C13H20IN3. The highest BCUT2D eigenvalue weighted by Crippen LogP contribution is 2.42. The number of nitrogens with zero attached hydrogens (tertiary/aromatic N) is 2. The zero-order valence-corrected chi connectivity index (χ0v) is 12.9. The average Bonchev–Trinajstić information content (AvgIpc) is 3.15. The summed E-state index contributed by atoms with van der Waals surface area (Å²) >= 11 is 2.38. The van der Waals surface area contributed by atoms with E-state index in [0.717, 1.165) is 24.6 Å². The first-order valence-corrected chi connectivity index (χ1v) is 7.56. The van der Waals surface area contributed by atoms with Gasteiger partial charge in [-0.05, 0) is 48.8 Å². The molecule has 0 amide bonds. The van der Waals surface area contributed by atoms with Crippen molar-refractivity contribution in [3.8, 4) is 0 Å². The highest BCUT2D eigenvalue weighted by atomic mass is 127. The fourth-order valence-corrected chi connectivity index (χ4v) is 2.67. The number of rotatable bonds is 5. The molecule has 94 valence electrons. The van der Waals surface area contributed by atoms with Gasteiger partial charge in [0.25, 0.3) is 0 Å². The summed E-state index contributed by atoms with van der Waals surface area (Å²) in [6.45, 7) is 7.42. The van der Waals surface area contributed by atoms with E-state index in [1.54, 1.807) is 0 Å². The van der Waals surface area contributed by atoms with E-state index in [0.29, 0.717) is 11.8 Å². The third-order valence-corrected chi connectivity index (χ3v) is 4.32. The molecule has 1 saturated carbocycles. The van der Waals surface area contributed by atoms with E-state index in [2.05, 4.69) is 53.7 Å². The lowest BCUT2D eigenvalue weighted by Gasteiger charge is -2.14. The second-order valence-corrected chi connectivity index (χ2v) is 5.82. The van der Waals surface area contributed by atoms with E-state index >= 15 is 0 Å². The Morgan fingerprint density at radius 2 is 2.06 bits per heavy atom.